The fourth-order valence-electron chi connectivity index (χ4n) is 3.66. The van der Waals surface area contributed by atoms with Gasteiger partial charge in [0.15, 0.2) is 5.16 Å². The first-order valence-corrected chi connectivity index (χ1v) is 12.6. The Morgan fingerprint density at radius 2 is 1.67 bits per heavy atom. The van der Waals surface area contributed by atoms with Gasteiger partial charge in [0.2, 0.25) is 10.0 Å². The number of imidazole rings is 1. The summed E-state index contributed by atoms with van der Waals surface area (Å²) in [7, 11) is -3.44. The van der Waals surface area contributed by atoms with E-state index in [2.05, 4.69) is 29.4 Å². The lowest BCUT2D eigenvalue weighted by Gasteiger charge is -2.34. The highest BCUT2D eigenvalue weighted by Gasteiger charge is 2.29. The van der Waals surface area contributed by atoms with Gasteiger partial charge in [-0.3, -0.25) is 4.90 Å². The Bertz CT molecular complexity index is 1120. The van der Waals surface area contributed by atoms with Crippen LogP contribution in [-0.4, -0.2) is 58.6 Å². The third-order valence-electron chi connectivity index (χ3n) is 5.29. The molecule has 1 aromatic heterocycles. The van der Waals surface area contributed by atoms with Crippen molar-refractivity contribution in [3.05, 3.63) is 54.1 Å². The standard InChI is InChI=1S/C22H28N4O2S2/c1-17(2)29-22-23-20-6-4-5-7-21(20)26(22)16-24-12-14-25(15-13-24)30(27,28)19-10-8-18(3)9-11-19/h4-11,17H,12-16H2,1-3H3. The summed E-state index contributed by atoms with van der Waals surface area (Å²) < 4.78 is 29.8. The lowest BCUT2D eigenvalue weighted by Crippen LogP contribution is -2.48. The molecule has 0 spiro atoms. The molecule has 2 aromatic carbocycles. The van der Waals surface area contributed by atoms with Gasteiger partial charge in [-0.05, 0) is 31.2 Å². The van der Waals surface area contributed by atoms with Crippen molar-refractivity contribution in [1.82, 2.24) is 18.8 Å². The molecule has 1 aliphatic rings. The van der Waals surface area contributed by atoms with E-state index in [1.165, 1.54) is 0 Å². The zero-order valence-corrected chi connectivity index (χ0v) is 19.3. The molecule has 0 amide bonds. The number of rotatable bonds is 6. The molecule has 0 radical (unpaired) electrons. The number of hydrogen-bond acceptors (Lipinski definition) is 5. The number of para-hydroxylation sites is 2. The molecule has 1 aliphatic heterocycles. The van der Waals surface area contributed by atoms with Crippen LogP contribution in [0.2, 0.25) is 0 Å². The predicted octanol–water partition coefficient (Wildman–Crippen LogP) is 3.81. The highest BCUT2D eigenvalue weighted by molar-refractivity contribution is 7.99. The van der Waals surface area contributed by atoms with Crippen LogP contribution in [0.15, 0.2) is 58.6 Å². The van der Waals surface area contributed by atoms with Gasteiger partial charge in [0.1, 0.15) is 0 Å². The maximum absolute atomic E-state index is 13.0. The minimum atomic E-state index is -3.44. The van der Waals surface area contributed by atoms with Crippen LogP contribution >= 0.6 is 11.8 Å². The fraction of sp³-hybridized carbons (Fsp3) is 0.409. The molecule has 30 heavy (non-hydrogen) atoms. The fourth-order valence-corrected chi connectivity index (χ4v) is 5.94. The first kappa shape index (κ1) is 21.4. The Labute approximate surface area is 182 Å². The molecule has 3 aromatic rings. The summed E-state index contributed by atoms with van der Waals surface area (Å²) in [6.45, 7) is 9.40. The second-order valence-corrected chi connectivity index (χ2v) is 11.4. The van der Waals surface area contributed by atoms with E-state index in [4.69, 9.17) is 4.98 Å². The molecule has 1 saturated heterocycles. The van der Waals surface area contributed by atoms with Gasteiger partial charge in [-0.15, -0.1) is 0 Å². The van der Waals surface area contributed by atoms with E-state index in [0.29, 0.717) is 43.0 Å². The molecule has 0 unspecified atom stereocenters. The first-order valence-electron chi connectivity index (χ1n) is 10.3. The van der Waals surface area contributed by atoms with Crippen LogP contribution in [0.3, 0.4) is 0 Å². The third-order valence-corrected chi connectivity index (χ3v) is 8.20. The molecule has 0 bridgehead atoms. The highest BCUT2D eigenvalue weighted by Crippen LogP contribution is 2.28. The second kappa shape index (κ2) is 8.70. The molecule has 0 aliphatic carbocycles. The van der Waals surface area contributed by atoms with E-state index in [1.54, 1.807) is 28.2 Å². The van der Waals surface area contributed by atoms with Crippen molar-refractivity contribution in [1.29, 1.82) is 0 Å². The molecule has 8 heteroatoms. The Hall–Kier alpha value is -1.87. The molecular weight excluding hydrogens is 416 g/mol. The van der Waals surface area contributed by atoms with Crippen LogP contribution in [0.4, 0.5) is 0 Å². The number of nitrogens with zero attached hydrogens (tertiary/aromatic N) is 4. The van der Waals surface area contributed by atoms with Crippen LogP contribution in [-0.2, 0) is 16.7 Å². The molecule has 160 valence electrons. The Morgan fingerprint density at radius 1 is 1.00 bits per heavy atom. The minimum absolute atomic E-state index is 0.373. The number of benzene rings is 2. The number of piperazine rings is 1. The molecule has 4 rings (SSSR count). The van der Waals surface area contributed by atoms with Crippen LogP contribution in [0, 0.1) is 6.92 Å². The molecule has 1 fully saturated rings. The van der Waals surface area contributed by atoms with Gasteiger partial charge < -0.3 is 4.57 Å². The van der Waals surface area contributed by atoms with Gasteiger partial charge in [-0.25, -0.2) is 13.4 Å². The van der Waals surface area contributed by atoms with Crippen LogP contribution in [0.5, 0.6) is 0 Å². The molecule has 2 heterocycles. The van der Waals surface area contributed by atoms with E-state index >= 15 is 0 Å². The monoisotopic (exact) mass is 444 g/mol. The van der Waals surface area contributed by atoms with E-state index in [-0.39, 0.29) is 0 Å². The summed E-state index contributed by atoms with van der Waals surface area (Å²) in [6, 6.07) is 15.3. The predicted molar refractivity (Wildman–Crippen MR) is 122 cm³/mol. The largest absolute Gasteiger partial charge is 0.305 e. The van der Waals surface area contributed by atoms with Crippen LogP contribution < -0.4 is 0 Å². The topological polar surface area (TPSA) is 58.4 Å². The SMILES string of the molecule is Cc1ccc(S(=O)(=O)N2CCN(Cn3c(SC(C)C)nc4ccccc43)CC2)cc1. The van der Waals surface area contributed by atoms with Crippen molar-refractivity contribution >= 4 is 32.8 Å². The second-order valence-electron chi connectivity index (χ2n) is 7.95. The van der Waals surface area contributed by atoms with Crippen LogP contribution in [0.1, 0.15) is 19.4 Å². The number of aryl methyl sites for hydroxylation is 1. The average molecular weight is 445 g/mol. The van der Waals surface area contributed by atoms with Gasteiger partial charge >= 0.3 is 0 Å². The van der Waals surface area contributed by atoms with Gasteiger partial charge in [0, 0.05) is 31.4 Å². The lowest BCUT2D eigenvalue weighted by molar-refractivity contribution is 0.150. The van der Waals surface area contributed by atoms with Crippen molar-refractivity contribution in [2.75, 3.05) is 26.2 Å². The maximum atomic E-state index is 13.0. The van der Waals surface area contributed by atoms with E-state index in [9.17, 15) is 8.42 Å². The molecular formula is C22H28N4O2S2. The van der Waals surface area contributed by atoms with Crippen molar-refractivity contribution in [2.45, 2.75) is 42.7 Å². The first-order chi connectivity index (χ1) is 14.3. The number of sulfonamides is 1. The lowest BCUT2D eigenvalue weighted by atomic mass is 10.2. The molecule has 0 N–H and O–H groups in total. The Kier molecular flexibility index (Phi) is 6.20. The van der Waals surface area contributed by atoms with Gasteiger partial charge in [0.05, 0.1) is 22.6 Å². The average Bonchev–Trinajstić information content (AvgIpc) is 3.05. The summed E-state index contributed by atoms with van der Waals surface area (Å²) in [5.74, 6) is 0. The number of aromatic nitrogens is 2. The number of hydrogen-bond donors (Lipinski definition) is 0. The summed E-state index contributed by atoms with van der Waals surface area (Å²) in [5.41, 5.74) is 3.18. The zero-order chi connectivity index (χ0) is 21.3. The number of fused-ring (bicyclic) bond motifs is 1. The van der Waals surface area contributed by atoms with Crippen molar-refractivity contribution < 1.29 is 8.42 Å². The van der Waals surface area contributed by atoms with Crippen molar-refractivity contribution in [2.24, 2.45) is 0 Å². The Balaban J connectivity index is 1.48. The minimum Gasteiger partial charge on any atom is -0.305 e. The molecule has 6 nitrogen and oxygen atoms in total. The highest BCUT2D eigenvalue weighted by atomic mass is 32.2. The van der Waals surface area contributed by atoms with Gasteiger partial charge in [-0.1, -0.05) is 55.4 Å². The summed E-state index contributed by atoms with van der Waals surface area (Å²) in [4.78, 5) is 7.49. The van der Waals surface area contributed by atoms with E-state index < -0.39 is 10.0 Å². The maximum Gasteiger partial charge on any atom is 0.243 e. The van der Waals surface area contributed by atoms with Gasteiger partial charge in [-0.2, -0.15) is 4.31 Å². The normalized spacial score (nSPS) is 16.5. The number of thioether (sulfide) groups is 1. The molecule has 0 saturated carbocycles. The Morgan fingerprint density at radius 3 is 2.33 bits per heavy atom. The van der Waals surface area contributed by atoms with Gasteiger partial charge in [0.25, 0.3) is 0 Å². The van der Waals surface area contributed by atoms with E-state index in [0.717, 1.165) is 21.8 Å². The van der Waals surface area contributed by atoms with Crippen molar-refractivity contribution in [3.8, 4) is 0 Å². The summed E-state index contributed by atoms with van der Waals surface area (Å²) in [6.07, 6.45) is 0. The smallest absolute Gasteiger partial charge is 0.243 e. The van der Waals surface area contributed by atoms with Crippen LogP contribution in [0.25, 0.3) is 11.0 Å². The zero-order valence-electron chi connectivity index (χ0n) is 17.7. The third kappa shape index (κ3) is 4.42. The summed E-state index contributed by atoms with van der Waals surface area (Å²) in [5, 5.41) is 1.46. The quantitative estimate of drug-likeness (QED) is 0.541. The summed E-state index contributed by atoms with van der Waals surface area (Å²) >= 11 is 1.76. The van der Waals surface area contributed by atoms with Crippen molar-refractivity contribution in [3.63, 3.8) is 0 Å². The van der Waals surface area contributed by atoms with E-state index in [1.807, 2.05) is 37.3 Å². The molecule has 0 atom stereocenters.